The number of hydrogen-bond donors (Lipinski definition) is 0. The highest BCUT2D eigenvalue weighted by Crippen LogP contribution is 2.54. The van der Waals surface area contributed by atoms with E-state index in [0.717, 1.165) is 0 Å². The quantitative estimate of drug-likeness (QED) is 0.200. The highest BCUT2D eigenvalue weighted by atomic mass is 15.3. The Morgan fingerprint density at radius 3 is 1.74 bits per heavy atom. The lowest BCUT2D eigenvalue weighted by atomic mass is 9.33. The Labute approximate surface area is 252 Å². The Morgan fingerprint density at radius 2 is 1.00 bits per heavy atom. The number of anilines is 6. The van der Waals surface area contributed by atoms with Crippen LogP contribution in [0.5, 0.6) is 0 Å². The van der Waals surface area contributed by atoms with Gasteiger partial charge in [-0.1, -0.05) is 120 Å². The maximum atomic E-state index is 2.53. The molecule has 2 aliphatic heterocycles. The first kappa shape index (κ1) is 24.3. The summed E-state index contributed by atoms with van der Waals surface area (Å²) in [7, 11) is 0. The van der Waals surface area contributed by atoms with Crippen molar-refractivity contribution < 1.29 is 0 Å². The maximum absolute atomic E-state index is 2.53. The molecule has 0 N–H and O–H groups in total. The Balaban J connectivity index is 1.39. The van der Waals surface area contributed by atoms with E-state index in [-0.39, 0.29) is 6.71 Å². The molecule has 7 aromatic carbocycles. The van der Waals surface area contributed by atoms with Crippen LogP contribution in [0.15, 0.2) is 140 Å². The molecular formula is C40H29BN2. The third kappa shape index (κ3) is 3.49. The zero-order chi connectivity index (χ0) is 28.7. The molecule has 2 aliphatic rings. The summed E-state index contributed by atoms with van der Waals surface area (Å²) in [5.41, 5.74) is 14.1. The van der Waals surface area contributed by atoms with Gasteiger partial charge in [0.25, 0.3) is 0 Å². The molecule has 0 radical (unpaired) electrons. The van der Waals surface area contributed by atoms with Crippen LogP contribution in [0.25, 0.3) is 21.5 Å². The second kappa shape index (κ2) is 9.11. The van der Waals surface area contributed by atoms with E-state index in [2.05, 4.69) is 163 Å². The van der Waals surface area contributed by atoms with Gasteiger partial charge in [0, 0.05) is 11.4 Å². The lowest BCUT2D eigenvalue weighted by Crippen LogP contribution is -2.59. The average molecular weight is 548 g/mol. The van der Waals surface area contributed by atoms with Crippen molar-refractivity contribution in [3.8, 4) is 0 Å². The van der Waals surface area contributed by atoms with Crippen LogP contribution in [0.2, 0.25) is 0 Å². The standard InChI is InChI=1S/C40H29BN2/c1-26-11-9-12-27(2)39(26)41-33-17-10-20-37-40(33)43(38-25-31-16-6-5-15-30(31)24-34(38)41)36-19-8-7-18-35(36)42(37)32-22-21-28-13-3-4-14-29(28)23-32/h3-25H,1-2H3. The van der Waals surface area contributed by atoms with Crippen molar-refractivity contribution in [1.29, 1.82) is 0 Å². The van der Waals surface area contributed by atoms with Crippen molar-refractivity contribution in [1.82, 2.24) is 0 Å². The molecule has 2 heterocycles. The van der Waals surface area contributed by atoms with E-state index >= 15 is 0 Å². The van der Waals surface area contributed by atoms with Crippen molar-refractivity contribution in [3.05, 3.63) is 151 Å². The van der Waals surface area contributed by atoms with Crippen LogP contribution >= 0.6 is 0 Å². The van der Waals surface area contributed by atoms with Gasteiger partial charge in [-0.05, 0) is 82.7 Å². The second-order valence-electron chi connectivity index (χ2n) is 11.9. The molecule has 3 heteroatoms. The van der Waals surface area contributed by atoms with Crippen molar-refractivity contribution in [3.63, 3.8) is 0 Å². The van der Waals surface area contributed by atoms with E-state index in [1.165, 1.54) is 83.2 Å². The molecule has 0 saturated heterocycles. The van der Waals surface area contributed by atoms with Crippen LogP contribution in [0.1, 0.15) is 11.1 Å². The molecule has 0 fully saturated rings. The summed E-state index contributed by atoms with van der Waals surface area (Å²) >= 11 is 0. The summed E-state index contributed by atoms with van der Waals surface area (Å²) in [6, 6.07) is 51.6. The minimum atomic E-state index is 0.121. The molecule has 0 aliphatic carbocycles. The molecule has 43 heavy (non-hydrogen) atoms. The van der Waals surface area contributed by atoms with E-state index < -0.39 is 0 Å². The monoisotopic (exact) mass is 548 g/mol. The summed E-state index contributed by atoms with van der Waals surface area (Å²) in [6.45, 7) is 4.65. The summed E-state index contributed by atoms with van der Waals surface area (Å²) in [5, 5.41) is 5.04. The normalized spacial score (nSPS) is 13.2. The summed E-state index contributed by atoms with van der Waals surface area (Å²) in [4.78, 5) is 4.99. The van der Waals surface area contributed by atoms with Gasteiger partial charge in [0.05, 0.1) is 22.7 Å². The van der Waals surface area contributed by atoms with Gasteiger partial charge in [-0.15, -0.1) is 0 Å². The Hall–Kier alpha value is -5.28. The van der Waals surface area contributed by atoms with Gasteiger partial charge in [-0.25, -0.2) is 0 Å². The third-order valence-corrected chi connectivity index (χ3v) is 9.45. The van der Waals surface area contributed by atoms with Crippen molar-refractivity contribution >= 4 is 78.8 Å². The van der Waals surface area contributed by atoms with Gasteiger partial charge in [0.1, 0.15) is 0 Å². The van der Waals surface area contributed by atoms with E-state index in [4.69, 9.17) is 0 Å². The molecular weight excluding hydrogens is 519 g/mol. The van der Waals surface area contributed by atoms with E-state index in [9.17, 15) is 0 Å². The molecule has 2 nitrogen and oxygen atoms in total. The first-order valence-corrected chi connectivity index (χ1v) is 15.1. The molecule has 0 atom stereocenters. The SMILES string of the molecule is Cc1cccc(C)c1B1c2cc3ccccc3cc2N2c3ccccc3N(c3ccc4ccccc4c3)c3cccc1c32. The third-order valence-electron chi connectivity index (χ3n) is 9.45. The fraction of sp³-hybridized carbons (Fsp3) is 0.0500. The smallest absolute Gasteiger partial charge is 0.247 e. The highest BCUT2D eigenvalue weighted by Gasteiger charge is 2.42. The van der Waals surface area contributed by atoms with Crippen LogP contribution in [-0.4, -0.2) is 6.71 Å². The maximum Gasteiger partial charge on any atom is 0.247 e. The molecule has 0 unspecified atom stereocenters. The van der Waals surface area contributed by atoms with Crippen LogP contribution in [0.4, 0.5) is 34.1 Å². The van der Waals surface area contributed by atoms with Crippen molar-refractivity contribution in [2.75, 3.05) is 9.80 Å². The number of benzene rings is 7. The van der Waals surface area contributed by atoms with Gasteiger partial charge in [0.2, 0.25) is 6.71 Å². The minimum absolute atomic E-state index is 0.121. The van der Waals surface area contributed by atoms with Crippen LogP contribution in [-0.2, 0) is 0 Å². The van der Waals surface area contributed by atoms with E-state index in [1.807, 2.05) is 0 Å². The van der Waals surface area contributed by atoms with Gasteiger partial charge in [-0.3, -0.25) is 0 Å². The number of para-hydroxylation sites is 3. The molecule has 0 spiro atoms. The molecule has 0 bridgehead atoms. The Kier molecular flexibility index (Phi) is 5.16. The fourth-order valence-electron chi connectivity index (χ4n) is 7.57. The van der Waals surface area contributed by atoms with Crippen LogP contribution in [0, 0.1) is 13.8 Å². The number of nitrogens with zero attached hydrogens (tertiary/aromatic N) is 2. The largest absolute Gasteiger partial charge is 0.307 e. The first-order chi connectivity index (χ1) is 21.2. The zero-order valence-electron chi connectivity index (χ0n) is 24.3. The number of aryl methyl sites for hydroxylation is 2. The van der Waals surface area contributed by atoms with Crippen LogP contribution in [0.3, 0.4) is 0 Å². The lowest BCUT2D eigenvalue weighted by molar-refractivity contribution is 1.18. The minimum Gasteiger partial charge on any atom is -0.307 e. The Morgan fingerprint density at radius 1 is 0.419 bits per heavy atom. The molecule has 7 aromatic rings. The molecule has 0 aromatic heterocycles. The second-order valence-corrected chi connectivity index (χ2v) is 11.9. The predicted octanol–water partition coefficient (Wildman–Crippen LogP) is 8.69. The van der Waals surface area contributed by atoms with Gasteiger partial charge < -0.3 is 9.80 Å². The number of fused-ring (bicyclic) bond motifs is 6. The van der Waals surface area contributed by atoms with E-state index in [1.54, 1.807) is 0 Å². The van der Waals surface area contributed by atoms with Gasteiger partial charge in [0.15, 0.2) is 0 Å². The lowest BCUT2D eigenvalue weighted by Gasteiger charge is -2.46. The summed E-state index contributed by atoms with van der Waals surface area (Å²) < 4.78 is 0. The highest BCUT2D eigenvalue weighted by molar-refractivity contribution is 6.98. The predicted molar refractivity (Wildman–Crippen MR) is 185 cm³/mol. The summed E-state index contributed by atoms with van der Waals surface area (Å²) in [5.74, 6) is 0. The first-order valence-electron chi connectivity index (χ1n) is 15.1. The molecule has 9 rings (SSSR count). The topological polar surface area (TPSA) is 6.48 Å². The molecule has 0 amide bonds. The van der Waals surface area contributed by atoms with Crippen LogP contribution < -0.4 is 26.2 Å². The fourth-order valence-corrected chi connectivity index (χ4v) is 7.57. The number of rotatable bonds is 2. The summed E-state index contributed by atoms with van der Waals surface area (Å²) in [6.07, 6.45) is 0. The molecule has 0 saturated carbocycles. The Bertz CT molecular complexity index is 2230. The zero-order valence-corrected chi connectivity index (χ0v) is 24.3. The van der Waals surface area contributed by atoms with Gasteiger partial charge >= 0.3 is 0 Å². The van der Waals surface area contributed by atoms with Crippen molar-refractivity contribution in [2.45, 2.75) is 13.8 Å². The average Bonchev–Trinajstić information content (AvgIpc) is 3.04. The van der Waals surface area contributed by atoms with E-state index in [0.29, 0.717) is 0 Å². The molecule has 202 valence electrons. The van der Waals surface area contributed by atoms with Gasteiger partial charge in [-0.2, -0.15) is 0 Å². The number of hydrogen-bond acceptors (Lipinski definition) is 2. The van der Waals surface area contributed by atoms with Crippen molar-refractivity contribution in [2.24, 2.45) is 0 Å².